The first-order valence-corrected chi connectivity index (χ1v) is 8.17. The van der Waals surface area contributed by atoms with Gasteiger partial charge in [-0.15, -0.1) is 11.3 Å². The highest BCUT2D eigenvalue weighted by atomic mass is 79.9. The first kappa shape index (κ1) is 16.1. The third-order valence-electron chi connectivity index (χ3n) is 2.71. The Kier molecular flexibility index (Phi) is 5.50. The van der Waals surface area contributed by atoms with Crippen molar-refractivity contribution in [1.29, 1.82) is 0 Å². The van der Waals surface area contributed by atoms with Crippen LogP contribution < -0.4 is 15.4 Å². The summed E-state index contributed by atoms with van der Waals surface area (Å²) in [7, 11) is 1.60. The molecule has 1 amide bonds. The molecule has 0 unspecified atom stereocenters. The molecule has 7 heteroatoms. The van der Waals surface area contributed by atoms with E-state index >= 15 is 0 Å². The summed E-state index contributed by atoms with van der Waals surface area (Å²) in [5.74, 6) is 0.606. The standard InChI is InChI=1S/C14H14BrClN2O2S/c1-8(19)18-11-3-4-21-13(11)7-17-12-6-9(16)5-10(15)14(12)20-2/h3-6,17H,7H2,1-2H3,(H,18,19). The molecule has 0 bridgehead atoms. The summed E-state index contributed by atoms with van der Waals surface area (Å²) in [6, 6.07) is 5.46. The number of carbonyl (C=O) groups is 1. The highest BCUT2D eigenvalue weighted by Crippen LogP contribution is 2.37. The first-order chi connectivity index (χ1) is 10.0. The minimum Gasteiger partial charge on any atom is -0.493 e. The van der Waals surface area contributed by atoms with Gasteiger partial charge >= 0.3 is 0 Å². The lowest BCUT2D eigenvalue weighted by atomic mass is 10.2. The fourth-order valence-corrected chi connectivity index (χ4v) is 3.60. The second-order valence-electron chi connectivity index (χ2n) is 4.26. The summed E-state index contributed by atoms with van der Waals surface area (Å²) in [5.41, 5.74) is 1.61. The van der Waals surface area contributed by atoms with E-state index in [4.69, 9.17) is 16.3 Å². The van der Waals surface area contributed by atoms with E-state index in [1.54, 1.807) is 30.6 Å². The number of nitrogens with one attached hydrogen (secondary N) is 2. The van der Waals surface area contributed by atoms with Crippen LogP contribution in [0, 0.1) is 0 Å². The largest absolute Gasteiger partial charge is 0.493 e. The number of hydrogen-bond acceptors (Lipinski definition) is 4. The van der Waals surface area contributed by atoms with Crippen molar-refractivity contribution < 1.29 is 9.53 Å². The van der Waals surface area contributed by atoms with Crippen LogP contribution in [0.25, 0.3) is 0 Å². The monoisotopic (exact) mass is 388 g/mol. The second kappa shape index (κ2) is 7.15. The summed E-state index contributed by atoms with van der Waals surface area (Å²) in [4.78, 5) is 12.2. The SMILES string of the molecule is COc1c(Br)cc(Cl)cc1NCc1sccc1NC(C)=O. The third kappa shape index (κ3) is 4.12. The van der Waals surface area contributed by atoms with Gasteiger partial charge in [-0.05, 0) is 39.5 Å². The van der Waals surface area contributed by atoms with E-state index in [1.165, 1.54) is 6.92 Å². The quantitative estimate of drug-likeness (QED) is 0.776. The Morgan fingerprint density at radius 1 is 1.43 bits per heavy atom. The van der Waals surface area contributed by atoms with Crippen LogP contribution in [0.5, 0.6) is 5.75 Å². The maximum atomic E-state index is 11.2. The predicted octanol–water partition coefficient (Wildman–Crippen LogP) is 4.74. The summed E-state index contributed by atoms with van der Waals surface area (Å²) in [6.45, 7) is 2.06. The molecule has 21 heavy (non-hydrogen) atoms. The lowest BCUT2D eigenvalue weighted by Gasteiger charge is -2.13. The van der Waals surface area contributed by atoms with Gasteiger partial charge in [-0.2, -0.15) is 0 Å². The van der Waals surface area contributed by atoms with Crippen LogP contribution in [-0.2, 0) is 11.3 Å². The van der Waals surface area contributed by atoms with Gasteiger partial charge in [0, 0.05) is 16.8 Å². The van der Waals surface area contributed by atoms with Crippen LogP contribution in [0.4, 0.5) is 11.4 Å². The molecule has 1 heterocycles. The molecule has 0 aliphatic rings. The Morgan fingerprint density at radius 3 is 2.86 bits per heavy atom. The molecule has 0 atom stereocenters. The average Bonchev–Trinajstić information content (AvgIpc) is 2.82. The zero-order chi connectivity index (χ0) is 15.4. The topological polar surface area (TPSA) is 50.4 Å². The molecule has 1 aromatic heterocycles. The van der Waals surface area contributed by atoms with Gasteiger partial charge in [-0.3, -0.25) is 4.79 Å². The number of rotatable bonds is 5. The molecule has 2 rings (SSSR count). The van der Waals surface area contributed by atoms with E-state index in [9.17, 15) is 4.79 Å². The Labute approximate surface area is 140 Å². The van der Waals surface area contributed by atoms with Crippen LogP contribution in [0.2, 0.25) is 5.02 Å². The van der Waals surface area contributed by atoms with E-state index in [-0.39, 0.29) is 5.91 Å². The number of hydrogen-bond donors (Lipinski definition) is 2. The van der Waals surface area contributed by atoms with Crippen molar-refractivity contribution in [2.24, 2.45) is 0 Å². The molecule has 1 aromatic carbocycles. The van der Waals surface area contributed by atoms with E-state index in [1.807, 2.05) is 11.4 Å². The lowest BCUT2D eigenvalue weighted by molar-refractivity contribution is -0.114. The molecule has 112 valence electrons. The number of benzene rings is 1. The fourth-order valence-electron chi connectivity index (χ4n) is 1.85. The van der Waals surface area contributed by atoms with Crippen LogP contribution in [0.15, 0.2) is 28.1 Å². The van der Waals surface area contributed by atoms with Crippen molar-refractivity contribution in [3.63, 3.8) is 0 Å². The fraction of sp³-hybridized carbons (Fsp3) is 0.214. The van der Waals surface area contributed by atoms with E-state index in [0.717, 1.165) is 20.7 Å². The highest BCUT2D eigenvalue weighted by Gasteiger charge is 2.11. The van der Waals surface area contributed by atoms with Gasteiger partial charge in [0.05, 0.1) is 29.5 Å². The number of methoxy groups -OCH3 is 1. The molecule has 0 aliphatic heterocycles. The Bertz CT molecular complexity index is 660. The normalized spacial score (nSPS) is 10.3. The Balaban J connectivity index is 2.17. The first-order valence-electron chi connectivity index (χ1n) is 6.12. The number of anilines is 2. The molecule has 2 aromatic rings. The van der Waals surface area contributed by atoms with Crippen molar-refractivity contribution in [3.8, 4) is 5.75 Å². The summed E-state index contributed by atoms with van der Waals surface area (Å²) < 4.78 is 6.15. The molecule has 0 saturated carbocycles. The molecular weight excluding hydrogens is 376 g/mol. The molecule has 4 nitrogen and oxygen atoms in total. The molecule has 0 radical (unpaired) electrons. The number of amides is 1. The molecule has 0 spiro atoms. The van der Waals surface area contributed by atoms with Gasteiger partial charge in [-0.1, -0.05) is 11.6 Å². The van der Waals surface area contributed by atoms with Gasteiger partial charge in [0.2, 0.25) is 5.91 Å². The Hall–Kier alpha value is -1.24. The highest BCUT2D eigenvalue weighted by molar-refractivity contribution is 9.10. The van der Waals surface area contributed by atoms with Gasteiger partial charge in [0.1, 0.15) is 0 Å². The van der Waals surface area contributed by atoms with Crippen LogP contribution in [-0.4, -0.2) is 13.0 Å². The van der Waals surface area contributed by atoms with Crippen molar-refractivity contribution in [3.05, 3.63) is 38.0 Å². The zero-order valence-electron chi connectivity index (χ0n) is 11.5. The van der Waals surface area contributed by atoms with Crippen LogP contribution >= 0.6 is 38.9 Å². The molecule has 0 aliphatic carbocycles. The molecule has 0 saturated heterocycles. The summed E-state index contributed by atoms with van der Waals surface area (Å²) in [6.07, 6.45) is 0. The van der Waals surface area contributed by atoms with Crippen LogP contribution in [0.3, 0.4) is 0 Å². The van der Waals surface area contributed by atoms with Crippen LogP contribution in [0.1, 0.15) is 11.8 Å². The number of halogens is 2. The van der Waals surface area contributed by atoms with Gasteiger partial charge in [-0.25, -0.2) is 0 Å². The van der Waals surface area contributed by atoms with Crippen molar-refractivity contribution >= 4 is 56.1 Å². The predicted molar refractivity (Wildman–Crippen MR) is 91.7 cm³/mol. The maximum Gasteiger partial charge on any atom is 0.221 e. The average molecular weight is 390 g/mol. The van der Waals surface area contributed by atoms with Crippen molar-refractivity contribution in [2.75, 3.05) is 17.7 Å². The summed E-state index contributed by atoms with van der Waals surface area (Å²) in [5, 5.41) is 8.64. The lowest BCUT2D eigenvalue weighted by Crippen LogP contribution is -2.08. The smallest absolute Gasteiger partial charge is 0.221 e. The van der Waals surface area contributed by atoms with Crippen molar-refractivity contribution in [1.82, 2.24) is 0 Å². The minimum absolute atomic E-state index is 0.0854. The molecular formula is C14H14BrClN2O2S. The maximum absolute atomic E-state index is 11.2. The van der Waals surface area contributed by atoms with Gasteiger partial charge in [0.25, 0.3) is 0 Å². The zero-order valence-corrected chi connectivity index (χ0v) is 14.7. The van der Waals surface area contributed by atoms with Gasteiger partial charge < -0.3 is 15.4 Å². The minimum atomic E-state index is -0.0854. The van der Waals surface area contributed by atoms with E-state index in [2.05, 4.69) is 26.6 Å². The molecule has 0 fully saturated rings. The summed E-state index contributed by atoms with van der Waals surface area (Å²) >= 11 is 11.0. The number of thiophene rings is 1. The second-order valence-corrected chi connectivity index (χ2v) is 6.55. The van der Waals surface area contributed by atoms with E-state index < -0.39 is 0 Å². The van der Waals surface area contributed by atoms with Gasteiger partial charge in [0.15, 0.2) is 5.75 Å². The number of ether oxygens (including phenoxy) is 1. The molecule has 2 N–H and O–H groups in total. The third-order valence-corrected chi connectivity index (χ3v) is 4.44. The van der Waals surface area contributed by atoms with Crippen molar-refractivity contribution in [2.45, 2.75) is 13.5 Å². The Morgan fingerprint density at radius 2 is 2.19 bits per heavy atom. The number of carbonyl (C=O) groups excluding carboxylic acids is 1. The van der Waals surface area contributed by atoms with E-state index in [0.29, 0.717) is 17.3 Å².